The molecule has 6 heteroatoms. The number of hydrogen-bond acceptors (Lipinski definition) is 4. The third-order valence-electron chi connectivity index (χ3n) is 3.24. The van der Waals surface area contributed by atoms with Crippen LogP contribution < -0.4 is 5.32 Å². The van der Waals surface area contributed by atoms with Crippen molar-refractivity contribution in [3.63, 3.8) is 0 Å². The van der Waals surface area contributed by atoms with Gasteiger partial charge in [0.2, 0.25) is 0 Å². The molecule has 0 spiro atoms. The van der Waals surface area contributed by atoms with Crippen LogP contribution in [0.5, 0.6) is 0 Å². The molecule has 2 rings (SSSR count). The van der Waals surface area contributed by atoms with Gasteiger partial charge in [-0.25, -0.2) is 0 Å². The third kappa shape index (κ3) is 4.16. The van der Waals surface area contributed by atoms with E-state index in [1.807, 2.05) is 30.3 Å². The highest BCUT2D eigenvalue weighted by atomic mass is 16.5. The first-order valence-electron chi connectivity index (χ1n) is 7.16. The first-order chi connectivity index (χ1) is 10.6. The van der Waals surface area contributed by atoms with E-state index in [4.69, 9.17) is 4.74 Å². The molecule has 0 radical (unpaired) electrons. The predicted octanol–water partition coefficient (Wildman–Crippen LogP) is 1.21. The normalized spacial score (nSPS) is 12.1. The zero-order valence-electron chi connectivity index (χ0n) is 12.8. The second-order valence-corrected chi connectivity index (χ2v) is 5.08. The molecule has 1 atom stereocenters. The molecule has 2 aromatic rings. The van der Waals surface area contributed by atoms with E-state index in [2.05, 4.69) is 10.4 Å². The van der Waals surface area contributed by atoms with Crippen LogP contribution in [0.25, 0.3) is 11.3 Å². The maximum atomic E-state index is 12.3. The van der Waals surface area contributed by atoms with Crippen molar-refractivity contribution in [1.29, 1.82) is 0 Å². The molecular formula is C16H21N3O3. The van der Waals surface area contributed by atoms with Crippen molar-refractivity contribution >= 4 is 5.91 Å². The van der Waals surface area contributed by atoms with E-state index in [-0.39, 0.29) is 12.5 Å². The lowest BCUT2D eigenvalue weighted by Crippen LogP contribution is -2.28. The minimum absolute atomic E-state index is 0.198. The molecular weight excluding hydrogens is 282 g/mol. The third-order valence-corrected chi connectivity index (χ3v) is 3.24. The van der Waals surface area contributed by atoms with Gasteiger partial charge in [-0.15, -0.1) is 0 Å². The largest absolute Gasteiger partial charge is 0.391 e. The molecule has 0 saturated carbocycles. The van der Waals surface area contributed by atoms with Crippen LogP contribution in [0.4, 0.5) is 0 Å². The zero-order chi connectivity index (χ0) is 15.9. The van der Waals surface area contributed by atoms with Gasteiger partial charge in [0.25, 0.3) is 5.91 Å². The van der Waals surface area contributed by atoms with Gasteiger partial charge in [-0.05, 0) is 6.42 Å². The maximum Gasteiger partial charge on any atom is 0.255 e. The van der Waals surface area contributed by atoms with E-state index in [0.717, 1.165) is 5.56 Å². The van der Waals surface area contributed by atoms with Crippen molar-refractivity contribution in [3.8, 4) is 11.3 Å². The highest BCUT2D eigenvalue weighted by Gasteiger charge is 2.17. The Balaban J connectivity index is 2.04. The van der Waals surface area contributed by atoms with Crippen LogP contribution in [0.15, 0.2) is 36.5 Å². The molecule has 0 aliphatic heterocycles. The average Bonchev–Trinajstić information content (AvgIpc) is 2.90. The van der Waals surface area contributed by atoms with Crippen LogP contribution in [-0.4, -0.2) is 47.2 Å². The van der Waals surface area contributed by atoms with Gasteiger partial charge in [-0.2, -0.15) is 5.10 Å². The van der Waals surface area contributed by atoms with Crippen molar-refractivity contribution in [2.24, 2.45) is 7.05 Å². The van der Waals surface area contributed by atoms with Crippen LogP contribution >= 0.6 is 0 Å². The van der Waals surface area contributed by atoms with Gasteiger partial charge in [-0.3, -0.25) is 9.48 Å². The Hall–Kier alpha value is -2.18. The minimum Gasteiger partial charge on any atom is -0.391 e. The van der Waals surface area contributed by atoms with Gasteiger partial charge >= 0.3 is 0 Å². The van der Waals surface area contributed by atoms with E-state index < -0.39 is 6.10 Å². The van der Waals surface area contributed by atoms with Crippen molar-refractivity contribution < 1.29 is 14.6 Å². The number of amides is 1. The van der Waals surface area contributed by atoms with Crippen LogP contribution in [-0.2, 0) is 11.8 Å². The molecule has 2 N–H and O–H groups in total. The van der Waals surface area contributed by atoms with Crippen molar-refractivity contribution in [1.82, 2.24) is 15.1 Å². The van der Waals surface area contributed by atoms with Gasteiger partial charge in [-0.1, -0.05) is 30.3 Å². The summed E-state index contributed by atoms with van der Waals surface area (Å²) in [5.41, 5.74) is 2.07. The van der Waals surface area contributed by atoms with Gasteiger partial charge < -0.3 is 15.2 Å². The number of ether oxygens (including phenoxy) is 1. The number of carbonyl (C=O) groups excluding carboxylic acids is 1. The first-order valence-corrected chi connectivity index (χ1v) is 7.16. The summed E-state index contributed by atoms with van der Waals surface area (Å²) in [6, 6.07) is 9.58. The lowest BCUT2D eigenvalue weighted by atomic mass is 10.1. The standard InChI is InChI=1S/C16H21N3O3/c1-19-10-14(15(18-19)12-6-4-3-5-7-12)16(21)17-9-8-13(20)11-22-2/h3-7,10,13,20H,8-9,11H2,1-2H3,(H,17,21). The molecule has 6 nitrogen and oxygen atoms in total. The smallest absolute Gasteiger partial charge is 0.255 e. The monoisotopic (exact) mass is 303 g/mol. The molecule has 1 aromatic heterocycles. The number of aromatic nitrogens is 2. The van der Waals surface area contributed by atoms with E-state index in [1.54, 1.807) is 17.9 Å². The van der Waals surface area contributed by atoms with Crippen LogP contribution in [0.3, 0.4) is 0 Å². The van der Waals surface area contributed by atoms with Crippen LogP contribution in [0, 0.1) is 0 Å². The Morgan fingerprint density at radius 3 is 2.82 bits per heavy atom. The van der Waals surface area contributed by atoms with E-state index in [0.29, 0.717) is 24.2 Å². The second kappa shape index (κ2) is 7.72. The van der Waals surface area contributed by atoms with Crippen molar-refractivity contribution in [2.75, 3.05) is 20.3 Å². The fourth-order valence-corrected chi connectivity index (χ4v) is 2.19. The molecule has 1 unspecified atom stereocenters. The van der Waals surface area contributed by atoms with Crippen molar-refractivity contribution in [2.45, 2.75) is 12.5 Å². The topological polar surface area (TPSA) is 76.4 Å². The summed E-state index contributed by atoms with van der Waals surface area (Å²) < 4.78 is 6.47. The molecule has 0 aliphatic rings. The number of rotatable bonds is 7. The lowest BCUT2D eigenvalue weighted by molar-refractivity contribution is 0.0588. The zero-order valence-corrected chi connectivity index (χ0v) is 12.8. The number of nitrogens with one attached hydrogen (secondary N) is 1. The number of aliphatic hydroxyl groups excluding tert-OH is 1. The molecule has 1 amide bonds. The minimum atomic E-state index is -0.576. The van der Waals surface area contributed by atoms with Gasteiger partial charge in [0.15, 0.2) is 0 Å². The number of hydrogen-bond donors (Lipinski definition) is 2. The summed E-state index contributed by atoms with van der Waals surface area (Å²) in [4.78, 5) is 12.3. The Morgan fingerprint density at radius 1 is 1.41 bits per heavy atom. The van der Waals surface area contributed by atoms with Crippen LogP contribution in [0.1, 0.15) is 16.8 Å². The Morgan fingerprint density at radius 2 is 2.14 bits per heavy atom. The lowest BCUT2D eigenvalue weighted by Gasteiger charge is -2.10. The number of nitrogens with zero attached hydrogens (tertiary/aromatic N) is 2. The van der Waals surface area contributed by atoms with Crippen LogP contribution in [0.2, 0.25) is 0 Å². The Bertz CT molecular complexity index is 610. The first kappa shape index (κ1) is 16.2. The predicted molar refractivity (Wildman–Crippen MR) is 83.5 cm³/mol. The molecule has 118 valence electrons. The maximum absolute atomic E-state index is 12.3. The summed E-state index contributed by atoms with van der Waals surface area (Å²) >= 11 is 0. The van der Waals surface area contributed by atoms with E-state index in [1.165, 1.54) is 7.11 Å². The second-order valence-electron chi connectivity index (χ2n) is 5.08. The number of aryl methyl sites for hydroxylation is 1. The number of carbonyl (C=O) groups is 1. The quantitative estimate of drug-likeness (QED) is 0.806. The summed E-state index contributed by atoms with van der Waals surface area (Å²) in [6.45, 7) is 0.643. The summed E-state index contributed by atoms with van der Waals surface area (Å²) in [5, 5.41) is 16.7. The Labute approximate surface area is 129 Å². The molecule has 22 heavy (non-hydrogen) atoms. The van der Waals surface area contributed by atoms with E-state index in [9.17, 15) is 9.90 Å². The van der Waals surface area contributed by atoms with E-state index >= 15 is 0 Å². The van der Waals surface area contributed by atoms with Gasteiger partial charge in [0.05, 0.1) is 18.3 Å². The number of aliphatic hydroxyl groups is 1. The fraction of sp³-hybridized carbons (Fsp3) is 0.375. The summed E-state index contributed by atoms with van der Waals surface area (Å²) in [7, 11) is 3.31. The summed E-state index contributed by atoms with van der Waals surface area (Å²) in [6.07, 6.45) is 1.57. The van der Waals surface area contributed by atoms with Crippen molar-refractivity contribution in [3.05, 3.63) is 42.1 Å². The molecule has 0 bridgehead atoms. The highest BCUT2D eigenvalue weighted by molar-refractivity contribution is 5.99. The fourth-order valence-electron chi connectivity index (χ4n) is 2.19. The molecule has 0 fully saturated rings. The molecule has 0 saturated heterocycles. The summed E-state index contributed by atoms with van der Waals surface area (Å²) in [5.74, 6) is -0.198. The molecule has 1 aromatic carbocycles. The number of benzene rings is 1. The Kier molecular flexibility index (Phi) is 5.68. The number of methoxy groups -OCH3 is 1. The van der Waals surface area contributed by atoms with Gasteiger partial charge in [0, 0.05) is 32.5 Å². The highest BCUT2D eigenvalue weighted by Crippen LogP contribution is 2.21. The molecule has 1 heterocycles. The van der Waals surface area contributed by atoms with Gasteiger partial charge in [0.1, 0.15) is 5.69 Å². The average molecular weight is 303 g/mol. The SMILES string of the molecule is COCC(O)CCNC(=O)c1cn(C)nc1-c1ccccc1. The molecule has 0 aliphatic carbocycles.